The van der Waals surface area contributed by atoms with E-state index in [1.165, 1.54) is 35.7 Å². The van der Waals surface area contributed by atoms with Crippen LogP contribution in [0.4, 0.5) is 5.69 Å². The third kappa shape index (κ3) is 4.18. The van der Waals surface area contributed by atoms with Gasteiger partial charge in [0.25, 0.3) is 0 Å². The molecule has 1 aromatic rings. The summed E-state index contributed by atoms with van der Waals surface area (Å²) in [7, 11) is -3.75. The lowest BCUT2D eigenvalue weighted by Crippen LogP contribution is -2.55. The van der Waals surface area contributed by atoms with Gasteiger partial charge < -0.3 is 15.4 Å². The molecule has 4 bridgehead atoms. The van der Waals surface area contributed by atoms with Crippen LogP contribution < -0.4 is 10.6 Å². The average molecular weight is 498 g/mol. The summed E-state index contributed by atoms with van der Waals surface area (Å²) in [5.41, 5.74) is 0.169. The minimum absolute atomic E-state index is 0.00391. The van der Waals surface area contributed by atoms with E-state index in [0.717, 1.165) is 19.3 Å². The number of nitrogens with one attached hydrogen (secondary N) is 2. The van der Waals surface area contributed by atoms with Gasteiger partial charge in [0.1, 0.15) is 4.90 Å². The van der Waals surface area contributed by atoms with Crippen LogP contribution in [0.2, 0.25) is 5.02 Å². The van der Waals surface area contributed by atoms with Crippen LogP contribution in [0.3, 0.4) is 0 Å². The van der Waals surface area contributed by atoms with Crippen molar-refractivity contribution < 1.29 is 17.9 Å². The predicted octanol–water partition coefficient (Wildman–Crippen LogP) is 3.39. The van der Waals surface area contributed by atoms with Crippen molar-refractivity contribution in [3.63, 3.8) is 0 Å². The van der Waals surface area contributed by atoms with E-state index in [9.17, 15) is 13.2 Å². The molecule has 174 valence electrons. The molecule has 4 aliphatic carbocycles. The van der Waals surface area contributed by atoms with Gasteiger partial charge in [-0.25, -0.2) is 8.42 Å². The first kappa shape index (κ1) is 22.5. The Morgan fingerprint density at radius 3 is 2.28 bits per heavy atom. The summed E-state index contributed by atoms with van der Waals surface area (Å²) in [6.07, 6.45) is 6.66. The molecule has 4 saturated carbocycles. The van der Waals surface area contributed by atoms with E-state index in [0.29, 0.717) is 36.7 Å². The molecule has 5 aliphatic rings. The maximum Gasteiger partial charge on any atom is 0.244 e. The molecule has 10 heteroatoms. The number of hydrogen-bond acceptors (Lipinski definition) is 5. The van der Waals surface area contributed by atoms with E-state index in [1.54, 1.807) is 6.07 Å². The number of morpholine rings is 1. The van der Waals surface area contributed by atoms with Crippen LogP contribution >= 0.6 is 23.8 Å². The summed E-state index contributed by atoms with van der Waals surface area (Å²) in [5.74, 6) is 2.00. The lowest BCUT2D eigenvalue weighted by atomic mass is 9.49. The molecule has 1 aromatic carbocycles. The van der Waals surface area contributed by atoms with Crippen LogP contribution in [0.1, 0.15) is 38.5 Å². The first-order valence-corrected chi connectivity index (χ1v) is 13.5. The molecule has 0 atom stereocenters. The van der Waals surface area contributed by atoms with Gasteiger partial charge in [-0.05, 0) is 86.7 Å². The van der Waals surface area contributed by atoms with Gasteiger partial charge in [-0.2, -0.15) is 4.31 Å². The fraction of sp³-hybridized carbons (Fsp3) is 0.636. The molecule has 0 spiro atoms. The van der Waals surface area contributed by atoms with Crippen molar-refractivity contribution in [2.75, 3.05) is 31.6 Å². The van der Waals surface area contributed by atoms with Crippen LogP contribution in [0.5, 0.6) is 0 Å². The monoisotopic (exact) mass is 497 g/mol. The number of ether oxygens (including phenoxy) is 1. The summed E-state index contributed by atoms with van der Waals surface area (Å²) in [6, 6.07) is 4.65. The SMILES string of the molecule is O=C(NC(=S)Nc1ccc(Cl)c(S(=O)(=O)N2CCOCC2)c1)C12CC3CC(CC(C3)C1)C2. The number of carbonyl (C=O) groups is 1. The van der Waals surface area contributed by atoms with Crippen molar-refractivity contribution in [1.29, 1.82) is 0 Å². The Kier molecular flexibility index (Phi) is 5.99. The zero-order valence-electron chi connectivity index (χ0n) is 17.8. The van der Waals surface area contributed by atoms with Gasteiger partial charge in [-0.3, -0.25) is 4.79 Å². The molecule has 0 radical (unpaired) electrons. The van der Waals surface area contributed by atoms with Crippen LogP contribution in [-0.4, -0.2) is 50.0 Å². The molecule has 1 aliphatic heterocycles. The minimum atomic E-state index is -3.75. The standard InChI is InChI=1S/C22H28ClN3O4S2/c23-18-2-1-17(10-19(18)32(28,29)26-3-5-30-6-4-26)24-21(31)25-20(27)22-11-14-7-15(12-22)9-16(8-14)13-22/h1-2,10,14-16H,3-9,11-13H2,(H2,24,25,27,31). The van der Waals surface area contributed by atoms with E-state index >= 15 is 0 Å². The Labute approximate surface area is 199 Å². The van der Waals surface area contributed by atoms with Gasteiger partial charge in [0.2, 0.25) is 15.9 Å². The average Bonchev–Trinajstić information content (AvgIpc) is 2.74. The molecule has 0 unspecified atom stereocenters. The molecule has 7 nitrogen and oxygen atoms in total. The summed E-state index contributed by atoms with van der Waals surface area (Å²) in [5, 5.41) is 6.20. The largest absolute Gasteiger partial charge is 0.379 e. The third-order valence-electron chi connectivity index (χ3n) is 7.52. The van der Waals surface area contributed by atoms with Crippen LogP contribution in [0.15, 0.2) is 23.1 Å². The number of benzene rings is 1. The number of rotatable bonds is 4. The molecular formula is C22H28ClN3O4S2. The number of sulfonamides is 1. The summed E-state index contributed by atoms with van der Waals surface area (Å²) in [4.78, 5) is 13.2. The maximum absolute atomic E-state index is 13.2. The molecule has 1 amide bonds. The van der Waals surface area contributed by atoms with Crippen molar-refractivity contribution >= 4 is 50.5 Å². The molecular weight excluding hydrogens is 470 g/mol. The van der Waals surface area contributed by atoms with Gasteiger partial charge in [-0.15, -0.1) is 0 Å². The van der Waals surface area contributed by atoms with Crippen molar-refractivity contribution in [1.82, 2.24) is 9.62 Å². The Hall–Kier alpha value is -1.26. The zero-order valence-corrected chi connectivity index (χ0v) is 20.2. The summed E-state index contributed by atoms with van der Waals surface area (Å²) < 4.78 is 32.7. The van der Waals surface area contributed by atoms with Crippen molar-refractivity contribution in [3.05, 3.63) is 23.2 Å². The smallest absolute Gasteiger partial charge is 0.244 e. The van der Waals surface area contributed by atoms with E-state index in [-0.39, 0.29) is 39.4 Å². The third-order valence-corrected chi connectivity index (χ3v) is 10.1. The minimum Gasteiger partial charge on any atom is -0.379 e. The molecule has 0 aromatic heterocycles. The van der Waals surface area contributed by atoms with Gasteiger partial charge in [0, 0.05) is 18.8 Å². The second kappa shape index (κ2) is 8.51. The summed E-state index contributed by atoms with van der Waals surface area (Å²) >= 11 is 11.6. The second-order valence-electron chi connectivity index (χ2n) is 9.77. The van der Waals surface area contributed by atoms with Crippen molar-refractivity contribution in [2.24, 2.45) is 23.2 Å². The summed E-state index contributed by atoms with van der Waals surface area (Å²) in [6.45, 7) is 1.29. The Balaban J connectivity index is 1.28. The number of hydrogen-bond donors (Lipinski definition) is 2. The Bertz CT molecular complexity index is 1000. The van der Waals surface area contributed by atoms with Crippen LogP contribution in [0.25, 0.3) is 0 Å². The number of amides is 1. The normalized spacial score (nSPS) is 32.0. The number of halogens is 1. The Morgan fingerprint density at radius 2 is 1.69 bits per heavy atom. The highest BCUT2D eigenvalue weighted by atomic mass is 35.5. The predicted molar refractivity (Wildman–Crippen MR) is 126 cm³/mol. The number of carbonyl (C=O) groups excluding carboxylic acids is 1. The molecule has 1 saturated heterocycles. The van der Waals surface area contributed by atoms with Crippen LogP contribution in [0, 0.1) is 23.2 Å². The van der Waals surface area contributed by atoms with Gasteiger partial charge in [0.05, 0.1) is 23.7 Å². The second-order valence-corrected chi connectivity index (χ2v) is 12.5. The van der Waals surface area contributed by atoms with Gasteiger partial charge in [0.15, 0.2) is 5.11 Å². The number of thiocarbonyl (C=S) groups is 1. The zero-order chi connectivity index (χ0) is 22.5. The first-order valence-electron chi connectivity index (χ1n) is 11.2. The number of anilines is 1. The van der Waals surface area contributed by atoms with E-state index in [1.807, 2.05) is 0 Å². The molecule has 1 heterocycles. The lowest BCUT2D eigenvalue weighted by Gasteiger charge is -2.55. The fourth-order valence-electron chi connectivity index (χ4n) is 6.49. The topological polar surface area (TPSA) is 87.7 Å². The first-order chi connectivity index (χ1) is 15.2. The Morgan fingerprint density at radius 1 is 1.09 bits per heavy atom. The quantitative estimate of drug-likeness (QED) is 0.620. The number of nitrogens with zero attached hydrogens (tertiary/aromatic N) is 1. The lowest BCUT2D eigenvalue weighted by molar-refractivity contribution is -0.144. The van der Waals surface area contributed by atoms with E-state index in [2.05, 4.69) is 10.6 Å². The van der Waals surface area contributed by atoms with E-state index in [4.69, 9.17) is 28.6 Å². The van der Waals surface area contributed by atoms with E-state index < -0.39 is 10.0 Å². The highest BCUT2D eigenvalue weighted by molar-refractivity contribution is 7.89. The molecule has 2 N–H and O–H groups in total. The molecule has 32 heavy (non-hydrogen) atoms. The van der Waals surface area contributed by atoms with Gasteiger partial charge >= 0.3 is 0 Å². The van der Waals surface area contributed by atoms with Crippen molar-refractivity contribution in [3.8, 4) is 0 Å². The fourth-order valence-corrected chi connectivity index (χ4v) is 8.61. The highest BCUT2D eigenvalue weighted by Gasteiger charge is 2.54. The highest BCUT2D eigenvalue weighted by Crippen LogP contribution is 2.60. The van der Waals surface area contributed by atoms with Gasteiger partial charge in [-0.1, -0.05) is 11.6 Å². The van der Waals surface area contributed by atoms with Crippen molar-refractivity contribution in [2.45, 2.75) is 43.4 Å². The molecule has 5 fully saturated rings. The molecule has 6 rings (SSSR count). The van der Waals surface area contributed by atoms with Crippen LogP contribution in [-0.2, 0) is 19.6 Å². The maximum atomic E-state index is 13.2.